The monoisotopic (exact) mass is 240 g/mol. The molecule has 2 fully saturated rings. The number of piperazine rings is 1. The van der Waals surface area contributed by atoms with Crippen molar-refractivity contribution in [3.63, 3.8) is 0 Å². The van der Waals surface area contributed by atoms with Crippen LogP contribution >= 0.6 is 0 Å². The van der Waals surface area contributed by atoms with Crippen LogP contribution in [0.2, 0.25) is 0 Å². The maximum atomic E-state index is 5.45. The lowest BCUT2D eigenvalue weighted by Gasteiger charge is -2.48. The van der Waals surface area contributed by atoms with Crippen LogP contribution < -0.4 is 5.32 Å². The summed E-state index contributed by atoms with van der Waals surface area (Å²) in [5.74, 6) is 0.926. The highest BCUT2D eigenvalue weighted by atomic mass is 16.5. The molecule has 1 N–H and O–H groups in total. The van der Waals surface area contributed by atoms with Crippen LogP contribution in [-0.4, -0.2) is 49.3 Å². The number of ether oxygens (including phenoxy) is 1. The van der Waals surface area contributed by atoms with Crippen LogP contribution in [0.5, 0.6) is 0 Å². The largest absolute Gasteiger partial charge is 0.382 e. The Labute approximate surface area is 106 Å². The maximum Gasteiger partial charge on any atom is 0.0478 e. The van der Waals surface area contributed by atoms with Crippen LogP contribution in [0.4, 0.5) is 0 Å². The van der Waals surface area contributed by atoms with E-state index in [4.69, 9.17) is 4.74 Å². The van der Waals surface area contributed by atoms with Crippen molar-refractivity contribution in [2.24, 2.45) is 5.92 Å². The summed E-state index contributed by atoms with van der Waals surface area (Å²) in [6.45, 7) is 12.1. The maximum absolute atomic E-state index is 5.45. The molecule has 1 aliphatic carbocycles. The molecular formula is C14H28N2O. The highest BCUT2D eigenvalue weighted by Crippen LogP contribution is 2.43. The number of nitrogens with zero attached hydrogens (tertiary/aromatic N) is 1. The fourth-order valence-electron chi connectivity index (χ4n) is 3.05. The Kier molecular flexibility index (Phi) is 4.45. The van der Waals surface area contributed by atoms with Gasteiger partial charge in [-0.1, -0.05) is 0 Å². The molecule has 2 aliphatic rings. The molecule has 1 heterocycles. The second kappa shape index (κ2) is 5.68. The predicted octanol–water partition coefficient (Wildman–Crippen LogP) is 1.88. The van der Waals surface area contributed by atoms with Gasteiger partial charge in [-0.15, -0.1) is 0 Å². The summed E-state index contributed by atoms with van der Waals surface area (Å²) in [6, 6.07) is 0.633. The highest BCUT2D eigenvalue weighted by Gasteiger charge is 2.47. The first-order valence-electron chi connectivity index (χ1n) is 7.23. The standard InChI is InChI=1S/C14H28N2O/c1-4-17-9-5-8-16-10-12(2)15-11-14(16,3)13-6-7-13/h12-13,15H,4-11H2,1-3H3. The fourth-order valence-corrected chi connectivity index (χ4v) is 3.05. The Morgan fingerprint density at radius 3 is 2.82 bits per heavy atom. The van der Waals surface area contributed by atoms with Gasteiger partial charge in [-0.3, -0.25) is 4.90 Å². The molecule has 0 aromatic rings. The lowest BCUT2D eigenvalue weighted by molar-refractivity contribution is 0.0286. The zero-order valence-electron chi connectivity index (χ0n) is 11.7. The van der Waals surface area contributed by atoms with Crippen LogP contribution in [-0.2, 0) is 4.74 Å². The zero-order chi connectivity index (χ0) is 12.3. The molecule has 2 unspecified atom stereocenters. The second-order valence-corrected chi connectivity index (χ2v) is 5.91. The Bertz CT molecular complexity index is 242. The fraction of sp³-hybridized carbons (Fsp3) is 1.00. The zero-order valence-corrected chi connectivity index (χ0v) is 11.7. The molecule has 3 nitrogen and oxygen atoms in total. The average molecular weight is 240 g/mol. The molecule has 1 saturated carbocycles. The molecular weight excluding hydrogens is 212 g/mol. The van der Waals surface area contributed by atoms with Crippen molar-refractivity contribution in [3.05, 3.63) is 0 Å². The Hall–Kier alpha value is -0.120. The third-order valence-corrected chi connectivity index (χ3v) is 4.40. The first kappa shape index (κ1) is 13.3. The summed E-state index contributed by atoms with van der Waals surface area (Å²) in [5.41, 5.74) is 0.402. The van der Waals surface area contributed by atoms with E-state index in [0.717, 1.165) is 25.7 Å². The van der Waals surface area contributed by atoms with Gasteiger partial charge >= 0.3 is 0 Å². The molecule has 0 aromatic heterocycles. The van der Waals surface area contributed by atoms with Crippen molar-refractivity contribution in [3.8, 4) is 0 Å². The van der Waals surface area contributed by atoms with E-state index in [-0.39, 0.29) is 0 Å². The number of hydrogen-bond acceptors (Lipinski definition) is 3. The van der Waals surface area contributed by atoms with Gasteiger partial charge in [-0.25, -0.2) is 0 Å². The van der Waals surface area contributed by atoms with E-state index in [0.29, 0.717) is 11.6 Å². The smallest absolute Gasteiger partial charge is 0.0478 e. The van der Waals surface area contributed by atoms with Gasteiger partial charge in [-0.2, -0.15) is 0 Å². The summed E-state index contributed by atoms with van der Waals surface area (Å²) in [6.07, 6.45) is 4.02. The van der Waals surface area contributed by atoms with Crippen LogP contribution in [0.25, 0.3) is 0 Å². The Balaban J connectivity index is 1.85. The molecule has 0 radical (unpaired) electrons. The normalized spacial score (nSPS) is 35.1. The van der Waals surface area contributed by atoms with Gasteiger partial charge < -0.3 is 10.1 Å². The van der Waals surface area contributed by atoms with Crippen LogP contribution in [0, 0.1) is 5.92 Å². The minimum Gasteiger partial charge on any atom is -0.382 e. The Morgan fingerprint density at radius 2 is 2.18 bits per heavy atom. The summed E-state index contributed by atoms with van der Waals surface area (Å²) >= 11 is 0. The van der Waals surface area contributed by atoms with Crippen molar-refractivity contribution >= 4 is 0 Å². The summed E-state index contributed by atoms with van der Waals surface area (Å²) < 4.78 is 5.45. The van der Waals surface area contributed by atoms with E-state index in [9.17, 15) is 0 Å². The first-order chi connectivity index (χ1) is 8.16. The van der Waals surface area contributed by atoms with Crippen LogP contribution in [0.1, 0.15) is 40.0 Å². The highest BCUT2D eigenvalue weighted by molar-refractivity contribution is 5.04. The van der Waals surface area contributed by atoms with Gasteiger partial charge in [0.15, 0.2) is 0 Å². The Morgan fingerprint density at radius 1 is 1.41 bits per heavy atom. The van der Waals surface area contributed by atoms with Crippen molar-refractivity contribution in [1.82, 2.24) is 10.2 Å². The minimum atomic E-state index is 0.402. The lowest BCUT2D eigenvalue weighted by atomic mass is 9.89. The van der Waals surface area contributed by atoms with E-state index >= 15 is 0 Å². The molecule has 0 bridgehead atoms. The number of nitrogens with one attached hydrogen (secondary N) is 1. The summed E-state index contributed by atoms with van der Waals surface area (Å²) in [7, 11) is 0. The van der Waals surface area contributed by atoms with Crippen molar-refractivity contribution in [2.45, 2.75) is 51.6 Å². The van der Waals surface area contributed by atoms with E-state index in [1.54, 1.807) is 0 Å². The van der Waals surface area contributed by atoms with Gasteiger partial charge in [0.1, 0.15) is 0 Å². The van der Waals surface area contributed by atoms with E-state index in [1.165, 1.54) is 32.4 Å². The van der Waals surface area contributed by atoms with E-state index in [2.05, 4.69) is 31.0 Å². The van der Waals surface area contributed by atoms with Gasteiger partial charge in [0.05, 0.1) is 0 Å². The summed E-state index contributed by atoms with van der Waals surface area (Å²) in [4.78, 5) is 2.71. The van der Waals surface area contributed by atoms with Crippen LogP contribution in [0.3, 0.4) is 0 Å². The molecule has 1 aliphatic heterocycles. The third kappa shape index (κ3) is 3.21. The van der Waals surface area contributed by atoms with Gasteiger partial charge in [0.2, 0.25) is 0 Å². The van der Waals surface area contributed by atoms with E-state index in [1.807, 2.05) is 0 Å². The third-order valence-electron chi connectivity index (χ3n) is 4.40. The van der Waals surface area contributed by atoms with Gasteiger partial charge in [-0.05, 0) is 46.0 Å². The number of hydrogen-bond donors (Lipinski definition) is 1. The SMILES string of the molecule is CCOCCCN1CC(C)NCC1(C)C1CC1. The second-order valence-electron chi connectivity index (χ2n) is 5.91. The topological polar surface area (TPSA) is 24.5 Å². The first-order valence-corrected chi connectivity index (χ1v) is 7.23. The lowest BCUT2D eigenvalue weighted by Crippen LogP contribution is -2.63. The van der Waals surface area contributed by atoms with Gasteiger partial charge in [0, 0.05) is 44.4 Å². The molecule has 2 atom stereocenters. The molecule has 1 saturated heterocycles. The molecule has 0 spiro atoms. The van der Waals surface area contributed by atoms with E-state index < -0.39 is 0 Å². The number of rotatable bonds is 6. The van der Waals surface area contributed by atoms with Crippen molar-refractivity contribution < 1.29 is 4.74 Å². The van der Waals surface area contributed by atoms with Gasteiger partial charge in [0.25, 0.3) is 0 Å². The minimum absolute atomic E-state index is 0.402. The average Bonchev–Trinajstić information content (AvgIpc) is 3.13. The quantitative estimate of drug-likeness (QED) is 0.717. The predicted molar refractivity (Wildman–Crippen MR) is 71.3 cm³/mol. The molecule has 3 heteroatoms. The summed E-state index contributed by atoms with van der Waals surface area (Å²) in [5, 5.41) is 3.65. The molecule has 0 aromatic carbocycles. The van der Waals surface area contributed by atoms with Crippen LogP contribution in [0.15, 0.2) is 0 Å². The molecule has 0 amide bonds. The van der Waals surface area contributed by atoms with Crippen molar-refractivity contribution in [2.75, 3.05) is 32.8 Å². The molecule has 2 rings (SSSR count). The van der Waals surface area contributed by atoms with Crippen molar-refractivity contribution in [1.29, 1.82) is 0 Å². The molecule has 17 heavy (non-hydrogen) atoms. The molecule has 100 valence electrons.